The van der Waals surface area contributed by atoms with Crippen LogP contribution in [0, 0.1) is 12.7 Å². The third kappa shape index (κ3) is 1.56. The van der Waals surface area contributed by atoms with E-state index in [9.17, 15) is 9.18 Å². The Morgan fingerprint density at radius 1 is 0.905 bits per heavy atom. The summed E-state index contributed by atoms with van der Waals surface area (Å²) in [6, 6.07) is 12.3. The zero-order valence-electron chi connectivity index (χ0n) is 11.7. The van der Waals surface area contributed by atoms with Crippen LogP contribution in [0.3, 0.4) is 0 Å². The van der Waals surface area contributed by atoms with Crippen LogP contribution in [0.5, 0.6) is 0 Å². The van der Waals surface area contributed by atoms with Crippen LogP contribution in [0.15, 0.2) is 47.3 Å². The van der Waals surface area contributed by atoms with E-state index >= 15 is 0 Å². The summed E-state index contributed by atoms with van der Waals surface area (Å²) in [7, 11) is 1.76. The maximum Gasteiger partial charge on any atom is 0.275 e. The highest BCUT2D eigenvalue weighted by atomic mass is 19.1. The van der Waals surface area contributed by atoms with Gasteiger partial charge in [-0.25, -0.2) is 4.39 Å². The lowest BCUT2D eigenvalue weighted by Gasteiger charge is -2.09. The van der Waals surface area contributed by atoms with Gasteiger partial charge in [0.05, 0.1) is 16.6 Å². The molecule has 0 aliphatic carbocycles. The molecule has 2 aromatic carbocycles. The highest BCUT2D eigenvalue weighted by molar-refractivity contribution is 5.93. The molecule has 0 amide bonds. The molecule has 0 radical (unpaired) electrons. The van der Waals surface area contributed by atoms with Crippen molar-refractivity contribution in [2.24, 2.45) is 7.05 Å². The second-order valence-electron chi connectivity index (χ2n) is 5.42. The van der Waals surface area contributed by atoms with Gasteiger partial charge in [-0.05, 0) is 48.9 Å². The molecule has 0 saturated carbocycles. The van der Waals surface area contributed by atoms with Crippen molar-refractivity contribution < 1.29 is 4.39 Å². The van der Waals surface area contributed by atoms with Crippen LogP contribution in [0.1, 0.15) is 5.56 Å². The van der Waals surface area contributed by atoms with E-state index in [-0.39, 0.29) is 11.4 Å². The molecule has 0 aliphatic heterocycles. The molecular weight excluding hydrogens is 267 g/mol. The summed E-state index contributed by atoms with van der Waals surface area (Å²) in [5.74, 6) is -0.302. The van der Waals surface area contributed by atoms with Gasteiger partial charge in [0.1, 0.15) is 11.3 Å². The number of hydrogen-bond donors (Lipinski definition) is 0. The lowest BCUT2D eigenvalue weighted by molar-refractivity contribution is 0.629. The minimum absolute atomic E-state index is 0.0806. The Balaban J connectivity index is 2.42. The molecule has 0 spiro atoms. The van der Waals surface area contributed by atoms with Gasteiger partial charge in [0, 0.05) is 12.4 Å². The molecule has 2 aromatic heterocycles. The van der Waals surface area contributed by atoms with Gasteiger partial charge in [0.15, 0.2) is 0 Å². The van der Waals surface area contributed by atoms with Crippen LogP contribution in [0.4, 0.5) is 4.39 Å². The minimum Gasteiger partial charge on any atom is -0.308 e. The lowest BCUT2D eigenvalue weighted by Crippen LogP contribution is -2.19. The second kappa shape index (κ2) is 3.95. The van der Waals surface area contributed by atoms with Crippen molar-refractivity contribution in [1.29, 1.82) is 0 Å². The van der Waals surface area contributed by atoms with Gasteiger partial charge in [-0.1, -0.05) is 6.07 Å². The van der Waals surface area contributed by atoms with Crippen molar-refractivity contribution in [3.63, 3.8) is 0 Å². The van der Waals surface area contributed by atoms with Gasteiger partial charge < -0.3 is 8.97 Å². The smallest absolute Gasteiger partial charge is 0.275 e. The fourth-order valence-electron chi connectivity index (χ4n) is 2.97. The molecule has 0 fully saturated rings. The van der Waals surface area contributed by atoms with E-state index in [4.69, 9.17) is 0 Å². The molecule has 4 aromatic rings. The number of aryl methyl sites for hydroxylation is 2. The average molecular weight is 280 g/mol. The first-order chi connectivity index (χ1) is 10.1. The molecule has 3 nitrogen and oxygen atoms in total. The minimum atomic E-state index is -0.302. The molecule has 0 N–H and O–H groups in total. The van der Waals surface area contributed by atoms with Crippen LogP contribution in [0.25, 0.3) is 27.5 Å². The molecule has 0 unspecified atom stereocenters. The first-order valence-corrected chi connectivity index (χ1v) is 6.76. The summed E-state index contributed by atoms with van der Waals surface area (Å²) in [5.41, 5.74) is 4.05. The van der Waals surface area contributed by atoms with E-state index in [2.05, 4.69) is 0 Å². The predicted molar refractivity (Wildman–Crippen MR) is 82.3 cm³/mol. The standard InChI is InChI=1S/C17H13FN2O/c1-10-3-6-13-15(7-10)20-14-9-12(18)5-4-11(14)8-16(20)17(21)19(13)2/h3-9H,1-2H3. The number of benzene rings is 2. The predicted octanol–water partition coefficient (Wildman–Crippen LogP) is 3.39. The monoisotopic (exact) mass is 280 g/mol. The molecule has 4 heteroatoms. The second-order valence-corrected chi connectivity index (χ2v) is 5.42. The van der Waals surface area contributed by atoms with Gasteiger partial charge >= 0.3 is 0 Å². The lowest BCUT2D eigenvalue weighted by atomic mass is 10.2. The van der Waals surface area contributed by atoms with Gasteiger partial charge in [-0.2, -0.15) is 0 Å². The Labute approximate surface area is 119 Å². The quantitative estimate of drug-likeness (QED) is 0.485. The maximum atomic E-state index is 13.6. The van der Waals surface area contributed by atoms with E-state index in [0.717, 1.165) is 27.5 Å². The highest BCUT2D eigenvalue weighted by Gasteiger charge is 2.12. The Bertz CT molecular complexity index is 1090. The molecule has 0 saturated heterocycles. The summed E-state index contributed by atoms with van der Waals surface area (Å²) < 4.78 is 17.1. The molecule has 104 valence electrons. The van der Waals surface area contributed by atoms with Crippen LogP contribution in [-0.4, -0.2) is 8.97 Å². The van der Waals surface area contributed by atoms with Crippen molar-refractivity contribution in [3.05, 3.63) is 64.2 Å². The van der Waals surface area contributed by atoms with Crippen LogP contribution < -0.4 is 5.56 Å². The van der Waals surface area contributed by atoms with E-state index < -0.39 is 0 Å². The molecular formula is C17H13FN2O. The first-order valence-electron chi connectivity index (χ1n) is 6.76. The van der Waals surface area contributed by atoms with Crippen molar-refractivity contribution in [2.75, 3.05) is 0 Å². The molecule has 4 rings (SSSR count). The Kier molecular flexibility index (Phi) is 2.28. The molecule has 0 aliphatic rings. The number of fused-ring (bicyclic) bond motifs is 5. The largest absolute Gasteiger partial charge is 0.308 e. The van der Waals surface area contributed by atoms with Gasteiger partial charge in [0.25, 0.3) is 5.56 Å². The van der Waals surface area contributed by atoms with Gasteiger partial charge in [-0.15, -0.1) is 0 Å². The van der Waals surface area contributed by atoms with Crippen LogP contribution >= 0.6 is 0 Å². The first kappa shape index (κ1) is 12.1. The van der Waals surface area contributed by atoms with Crippen molar-refractivity contribution in [2.45, 2.75) is 6.92 Å². The van der Waals surface area contributed by atoms with Crippen LogP contribution in [-0.2, 0) is 7.05 Å². The van der Waals surface area contributed by atoms with E-state index in [0.29, 0.717) is 5.52 Å². The zero-order valence-corrected chi connectivity index (χ0v) is 11.7. The summed E-state index contributed by atoms with van der Waals surface area (Å²) in [5, 5.41) is 0.863. The molecule has 2 heterocycles. The number of rotatable bonds is 0. The van der Waals surface area contributed by atoms with Gasteiger partial charge in [0.2, 0.25) is 0 Å². The van der Waals surface area contributed by atoms with E-state index in [1.807, 2.05) is 35.6 Å². The van der Waals surface area contributed by atoms with E-state index in [1.165, 1.54) is 12.1 Å². The number of aromatic nitrogens is 2. The SMILES string of the molecule is Cc1ccc2c(c1)n1c(cc3ccc(F)cc31)c(=O)n2C. The van der Waals surface area contributed by atoms with Gasteiger partial charge in [-0.3, -0.25) is 4.79 Å². The fraction of sp³-hybridized carbons (Fsp3) is 0.118. The summed E-state index contributed by atoms with van der Waals surface area (Å²) in [6.07, 6.45) is 0. The van der Waals surface area contributed by atoms with Crippen molar-refractivity contribution >= 4 is 27.5 Å². The average Bonchev–Trinajstić information content (AvgIpc) is 2.83. The topological polar surface area (TPSA) is 26.4 Å². The Hall–Kier alpha value is -2.62. The van der Waals surface area contributed by atoms with Crippen molar-refractivity contribution in [3.8, 4) is 0 Å². The molecule has 21 heavy (non-hydrogen) atoms. The fourth-order valence-corrected chi connectivity index (χ4v) is 2.97. The highest BCUT2D eigenvalue weighted by Crippen LogP contribution is 2.24. The molecule has 0 bridgehead atoms. The molecule has 0 atom stereocenters. The van der Waals surface area contributed by atoms with Crippen LogP contribution in [0.2, 0.25) is 0 Å². The third-order valence-corrected chi connectivity index (χ3v) is 4.02. The Morgan fingerprint density at radius 2 is 1.71 bits per heavy atom. The third-order valence-electron chi connectivity index (χ3n) is 4.02. The normalized spacial score (nSPS) is 11.8. The summed E-state index contributed by atoms with van der Waals surface area (Å²) >= 11 is 0. The summed E-state index contributed by atoms with van der Waals surface area (Å²) in [6.45, 7) is 2.00. The summed E-state index contributed by atoms with van der Waals surface area (Å²) in [4.78, 5) is 12.5. The Morgan fingerprint density at radius 3 is 2.52 bits per heavy atom. The number of hydrogen-bond acceptors (Lipinski definition) is 1. The van der Waals surface area contributed by atoms with E-state index in [1.54, 1.807) is 17.7 Å². The number of halogens is 1. The number of nitrogens with zero attached hydrogens (tertiary/aromatic N) is 2. The van der Waals surface area contributed by atoms with Crippen molar-refractivity contribution in [1.82, 2.24) is 8.97 Å². The zero-order chi connectivity index (χ0) is 14.7. The maximum absolute atomic E-state index is 13.6.